The molecular weight excluding hydrogens is 615 g/mol. The summed E-state index contributed by atoms with van der Waals surface area (Å²) in [5.41, 5.74) is 3.07. The number of aryl methyl sites for hydroxylation is 1. The molecule has 0 saturated carbocycles. The number of aromatic nitrogens is 6. The zero-order chi connectivity index (χ0) is 34.1. The molecule has 0 radical (unpaired) electrons. The fraction of sp³-hybridized carbons (Fsp3) is 0.371. The zero-order valence-electron chi connectivity index (χ0n) is 27.5. The van der Waals surface area contributed by atoms with Gasteiger partial charge in [-0.05, 0) is 50.8 Å². The van der Waals surface area contributed by atoms with Crippen LogP contribution in [0, 0.1) is 5.82 Å². The van der Waals surface area contributed by atoms with Gasteiger partial charge in [-0.25, -0.2) is 24.1 Å². The molecule has 2 N–H and O–H groups in total. The SMILES string of the molecule is Cn1nc2c(=O)n(CC3(O)CCN(Cc4ccc(-c5cncnc5)cc4F)CC3)cnc2c1-c1ccc(CNC(=O)OC(C)(C)C)cc1. The fourth-order valence-corrected chi connectivity index (χ4v) is 5.95. The summed E-state index contributed by atoms with van der Waals surface area (Å²) in [7, 11) is 1.76. The number of halogens is 1. The van der Waals surface area contributed by atoms with Crippen molar-refractivity contribution >= 4 is 17.1 Å². The quantitative estimate of drug-likeness (QED) is 0.248. The van der Waals surface area contributed by atoms with Gasteiger partial charge in [-0.1, -0.05) is 36.4 Å². The number of benzene rings is 2. The van der Waals surface area contributed by atoms with Crippen LogP contribution in [0.2, 0.25) is 0 Å². The average molecular weight is 655 g/mol. The maximum absolute atomic E-state index is 15.0. The number of aliphatic hydroxyl groups is 1. The molecule has 6 rings (SSSR count). The number of nitrogens with zero attached hydrogens (tertiary/aromatic N) is 7. The first-order valence-electron chi connectivity index (χ1n) is 15.8. The Labute approximate surface area is 277 Å². The summed E-state index contributed by atoms with van der Waals surface area (Å²) >= 11 is 0. The predicted molar refractivity (Wildman–Crippen MR) is 178 cm³/mol. The van der Waals surface area contributed by atoms with Crippen LogP contribution in [0.5, 0.6) is 0 Å². The van der Waals surface area contributed by atoms with Crippen LogP contribution in [0.25, 0.3) is 33.4 Å². The van der Waals surface area contributed by atoms with Crippen molar-refractivity contribution in [1.29, 1.82) is 0 Å². The first kappa shape index (κ1) is 32.9. The van der Waals surface area contributed by atoms with Crippen molar-refractivity contribution in [3.8, 4) is 22.4 Å². The molecule has 0 aliphatic carbocycles. The van der Waals surface area contributed by atoms with E-state index >= 15 is 0 Å². The van der Waals surface area contributed by atoms with E-state index in [0.29, 0.717) is 61.4 Å². The third kappa shape index (κ3) is 7.42. The normalized spacial score (nSPS) is 15.0. The molecule has 0 unspecified atom stereocenters. The molecule has 4 heterocycles. The Morgan fingerprint density at radius 1 is 1.02 bits per heavy atom. The lowest BCUT2D eigenvalue weighted by molar-refractivity contribution is -0.0366. The Balaban J connectivity index is 1.09. The number of alkyl carbamates (subject to hydrolysis) is 1. The highest BCUT2D eigenvalue weighted by Crippen LogP contribution is 2.29. The van der Waals surface area contributed by atoms with Crippen molar-refractivity contribution < 1.29 is 19.0 Å². The third-order valence-electron chi connectivity index (χ3n) is 8.47. The number of hydrogen-bond acceptors (Lipinski definition) is 9. The first-order valence-corrected chi connectivity index (χ1v) is 15.8. The van der Waals surface area contributed by atoms with E-state index in [0.717, 1.165) is 16.7 Å². The smallest absolute Gasteiger partial charge is 0.407 e. The topological polar surface area (TPSA) is 140 Å². The van der Waals surface area contributed by atoms with Gasteiger partial charge in [0.1, 0.15) is 23.3 Å². The molecule has 3 aromatic heterocycles. The van der Waals surface area contributed by atoms with Crippen molar-refractivity contribution in [1.82, 2.24) is 39.5 Å². The molecule has 5 aromatic rings. The number of carbonyl (C=O) groups excluding carboxylic acids is 1. The monoisotopic (exact) mass is 654 g/mol. The maximum atomic E-state index is 15.0. The summed E-state index contributed by atoms with van der Waals surface area (Å²) in [6.07, 6.45) is 6.54. The lowest BCUT2D eigenvalue weighted by Gasteiger charge is -2.38. The van der Waals surface area contributed by atoms with E-state index in [1.807, 2.05) is 51.1 Å². The number of amides is 1. The van der Waals surface area contributed by atoms with Gasteiger partial charge >= 0.3 is 6.09 Å². The van der Waals surface area contributed by atoms with Crippen molar-refractivity contribution in [3.63, 3.8) is 0 Å². The van der Waals surface area contributed by atoms with Gasteiger partial charge in [0.15, 0.2) is 5.52 Å². The van der Waals surface area contributed by atoms with Crippen LogP contribution in [-0.4, -0.2) is 69.7 Å². The van der Waals surface area contributed by atoms with Crippen LogP contribution in [0.15, 0.2) is 72.3 Å². The summed E-state index contributed by atoms with van der Waals surface area (Å²) < 4.78 is 23.3. The van der Waals surface area contributed by atoms with Crippen LogP contribution >= 0.6 is 0 Å². The molecule has 0 spiro atoms. The molecule has 250 valence electrons. The lowest BCUT2D eigenvalue weighted by atomic mass is 9.91. The molecule has 1 aliphatic heterocycles. The maximum Gasteiger partial charge on any atom is 0.407 e. The van der Waals surface area contributed by atoms with Crippen molar-refractivity contribution in [2.24, 2.45) is 7.05 Å². The van der Waals surface area contributed by atoms with Crippen LogP contribution in [0.1, 0.15) is 44.7 Å². The second-order valence-corrected chi connectivity index (χ2v) is 13.3. The van der Waals surface area contributed by atoms with E-state index in [-0.39, 0.29) is 23.4 Å². The predicted octanol–water partition coefficient (Wildman–Crippen LogP) is 4.44. The number of hydrogen-bond donors (Lipinski definition) is 2. The van der Waals surface area contributed by atoms with Gasteiger partial charge in [-0.15, -0.1) is 0 Å². The van der Waals surface area contributed by atoms with Gasteiger partial charge in [0.25, 0.3) is 5.56 Å². The van der Waals surface area contributed by atoms with Crippen LogP contribution < -0.4 is 10.9 Å². The first-order chi connectivity index (χ1) is 22.9. The van der Waals surface area contributed by atoms with Gasteiger partial charge < -0.3 is 15.2 Å². The Morgan fingerprint density at radius 2 is 1.71 bits per heavy atom. The Morgan fingerprint density at radius 3 is 2.38 bits per heavy atom. The Hall–Kier alpha value is -5.01. The number of fused-ring (bicyclic) bond motifs is 1. The minimum absolute atomic E-state index is 0.0794. The van der Waals surface area contributed by atoms with E-state index in [1.54, 1.807) is 30.2 Å². The number of carbonyl (C=O) groups is 1. The van der Waals surface area contributed by atoms with Crippen LogP contribution in [-0.2, 0) is 31.4 Å². The lowest BCUT2D eigenvalue weighted by Crippen LogP contribution is -2.47. The van der Waals surface area contributed by atoms with Gasteiger partial charge in [0.05, 0.1) is 24.2 Å². The summed E-state index contributed by atoms with van der Waals surface area (Å²) in [4.78, 5) is 40.2. The molecule has 1 fully saturated rings. The minimum Gasteiger partial charge on any atom is -0.444 e. The number of ether oxygens (including phenoxy) is 1. The van der Waals surface area contributed by atoms with E-state index in [2.05, 4.69) is 30.3 Å². The fourth-order valence-electron chi connectivity index (χ4n) is 5.95. The molecule has 1 aliphatic rings. The van der Waals surface area contributed by atoms with Gasteiger partial charge in [0, 0.05) is 62.3 Å². The molecular formula is C35H39FN8O4. The highest BCUT2D eigenvalue weighted by Gasteiger charge is 2.34. The summed E-state index contributed by atoms with van der Waals surface area (Å²) in [6, 6.07) is 12.7. The summed E-state index contributed by atoms with van der Waals surface area (Å²) in [6.45, 7) is 7.32. The van der Waals surface area contributed by atoms with Gasteiger partial charge in [0.2, 0.25) is 0 Å². The standard InChI is InChI=1S/C35H39FN8O4/c1-34(2,3)48-33(46)39-16-23-5-7-24(8-6-23)31-29-30(41-42(31)4)32(45)44(22-40-29)20-35(47)11-13-43(14-12-35)19-26-10-9-25(15-28(26)36)27-17-37-21-38-18-27/h5-10,15,17-18,21-22,47H,11-14,16,19-20H2,1-4H3,(H,39,46). The molecule has 1 amide bonds. The molecule has 13 heteroatoms. The largest absolute Gasteiger partial charge is 0.444 e. The van der Waals surface area contributed by atoms with Crippen molar-refractivity contribution in [2.75, 3.05) is 13.1 Å². The van der Waals surface area contributed by atoms with Crippen LogP contribution in [0.3, 0.4) is 0 Å². The zero-order valence-corrected chi connectivity index (χ0v) is 27.5. The van der Waals surface area contributed by atoms with Gasteiger partial charge in [-0.2, -0.15) is 5.10 Å². The highest BCUT2D eigenvalue weighted by molar-refractivity contribution is 5.89. The van der Waals surface area contributed by atoms with Crippen molar-refractivity contribution in [2.45, 2.75) is 64.4 Å². The number of likely N-dealkylation sites (tertiary alicyclic amines) is 1. The van der Waals surface area contributed by atoms with E-state index in [1.165, 1.54) is 23.3 Å². The average Bonchev–Trinajstić information content (AvgIpc) is 3.40. The minimum atomic E-state index is -1.12. The number of piperidine rings is 1. The molecule has 1 saturated heterocycles. The Kier molecular flexibility index (Phi) is 9.08. The Bertz CT molecular complexity index is 1980. The van der Waals surface area contributed by atoms with Crippen LogP contribution in [0.4, 0.5) is 9.18 Å². The third-order valence-corrected chi connectivity index (χ3v) is 8.47. The molecule has 2 aromatic carbocycles. The highest BCUT2D eigenvalue weighted by atomic mass is 19.1. The van der Waals surface area contributed by atoms with Crippen molar-refractivity contribution in [3.05, 3.63) is 94.8 Å². The van der Waals surface area contributed by atoms with Gasteiger partial charge in [-0.3, -0.25) is 18.9 Å². The summed E-state index contributed by atoms with van der Waals surface area (Å²) in [5, 5.41) is 18.7. The van der Waals surface area contributed by atoms with E-state index in [9.17, 15) is 19.1 Å². The molecule has 0 bridgehead atoms. The molecule has 12 nitrogen and oxygen atoms in total. The molecule has 0 atom stereocenters. The van der Waals surface area contributed by atoms with E-state index < -0.39 is 17.3 Å². The molecule has 48 heavy (non-hydrogen) atoms. The van der Waals surface area contributed by atoms with E-state index in [4.69, 9.17) is 4.74 Å². The second kappa shape index (κ2) is 13.2. The number of rotatable bonds is 8. The summed E-state index contributed by atoms with van der Waals surface area (Å²) in [5.74, 6) is -0.302. The second-order valence-electron chi connectivity index (χ2n) is 13.3. The number of nitrogens with one attached hydrogen (secondary N) is 1.